The van der Waals surface area contributed by atoms with Gasteiger partial charge in [0.15, 0.2) is 5.69 Å². The second-order valence-corrected chi connectivity index (χ2v) is 4.73. The van der Waals surface area contributed by atoms with Crippen molar-refractivity contribution in [1.82, 2.24) is 15.4 Å². The van der Waals surface area contributed by atoms with Crippen LogP contribution in [0.15, 0.2) is 24.3 Å². The van der Waals surface area contributed by atoms with Gasteiger partial charge in [0.2, 0.25) is 0 Å². The molecule has 0 saturated carbocycles. The number of aromatic nitrogens is 3. The minimum Gasteiger partial charge on any atom is -0.494 e. The number of carbonyl (C=O) groups is 1. The quantitative estimate of drug-likeness (QED) is 0.594. The summed E-state index contributed by atoms with van der Waals surface area (Å²) in [5, 5.41) is 18.8. The molecule has 1 aromatic carbocycles. The molecule has 0 atom stereocenters. The Morgan fingerprint density at radius 3 is 2.74 bits per heavy atom. The lowest BCUT2D eigenvalue weighted by molar-refractivity contribution is 0.0520. The molecule has 0 bridgehead atoms. The molecule has 0 radical (unpaired) electrons. The average Bonchev–Trinajstić information content (AvgIpc) is 3.05. The first-order valence-electron chi connectivity index (χ1n) is 7.44. The highest BCUT2D eigenvalue weighted by Crippen LogP contribution is 2.23. The van der Waals surface area contributed by atoms with E-state index in [1.54, 1.807) is 6.92 Å². The van der Waals surface area contributed by atoms with Crippen LogP contribution in [0.1, 0.15) is 36.7 Å². The van der Waals surface area contributed by atoms with Crippen LogP contribution in [0.3, 0.4) is 0 Å². The summed E-state index contributed by atoms with van der Waals surface area (Å²) in [5.74, 6) is 0.223. The lowest BCUT2D eigenvalue weighted by atomic mass is 10.1. The minimum absolute atomic E-state index is 0.164. The van der Waals surface area contributed by atoms with Gasteiger partial charge in [0, 0.05) is 12.0 Å². The molecule has 0 saturated heterocycles. The maximum absolute atomic E-state index is 11.8. The Balaban J connectivity index is 1.99. The second-order valence-electron chi connectivity index (χ2n) is 4.73. The molecule has 0 aliphatic heterocycles. The highest BCUT2D eigenvalue weighted by molar-refractivity contribution is 5.93. The molecule has 7 heteroatoms. The van der Waals surface area contributed by atoms with Crippen molar-refractivity contribution in [3.8, 4) is 23.1 Å². The number of nitriles is 1. The van der Waals surface area contributed by atoms with Gasteiger partial charge in [-0.1, -0.05) is 0 Å². The van der Waals surface area contributed by atoms with E-state index in [-0.39, 0.29) is 12.3 Å². The van der Waals surface area contributed by atoms with Crippen molar-refractivity contribution in [2.75, 3.05) is 13.2 Å². The van der Waals surface area contributed by atoms with Crippen molar-refractivity contribution >= 4 is 5.97 Å². The fourth-order valence-electron chi connectivity index (χ4n) is 1.98. The number of hydrogen-bond donors (Lipinski definition) is 1. The summed E-state index contributed by atoms with van der Waals surface area (Å²) in [6, 6.07) is 9.34. The van der Waals surface area contributed by atoms with Crippen molar-refractivity contribution in [2.45, 2.75) is 26.2 Å². The van der Waals surface area contributed by atoms with E-state index in [1.165, 1.54) is 0 Å². The number of carbonyl (C=O) groups excluding carboxylic acids is 1. The molecule has 0 fully saturated rings. The number of esters is 1. The molecule has 1 N–H and O–H groups in total. The Hall–Kier alpha value is -2.88. The van der Waals surface area contributed by atoms with E-state index in [2.05, 4.69) is 21.5 Å². The minimum atomic E-state index is -0.505. The highest BCUT2D eigenvalue weighted by atomic mass is 16.5. The summed E-state index contributed by atoms with van der Waals surface area (Å²) in [6.45, 7) is 2.59. The summed E-state index contributed by atoms with van der Waals surface area (Å²) in [5.41, 5.74) is 1.36. The summed E-state index contributed by atoms with van der Waals surface area (Å²) in [4.78, 5) is 11.8. The molecule has 1 aromatic heterocycles. The molecule has 0 amide bonds. The summed E-state index contributed by atoms with van der Waals surface area (Å²) in [6.07, 6.45) is 2.22. The predicted octanol–water partition coefficient (Wildman–Crippen LogP) is 2.72. The third-order valence-corrected chi connectivity index (χ3v) is 3.10. The molecule has 1 heterocycles. The first kappa shape index (κ1) is 16.5. The third-order valence-electron chi connectivity index (χ3n) is 3.10. The van der Waals surface area contributed by atoms with Crippen LogP contribution in [0.25, 0.3) is 11.3 Å². The van der Waals surface area contributed by atoms with E-state index in [0.29, 0.717) is 18.7 Å². The molecule has 2 aromatic rings. The van der Waals surface area contributed by atoms with Crippen LogP contribution in [0.4, 0.5) is 0 Å². The highest BCUT2D eigenvalue weighted by Gasteiger charge is 2.18. The predicted molar refractivity (Wildman–Crippen MR) is 82.7 cm³/mol. The van der Waals surface area contributed by atoms with Crippen molar-refractivity contribution in [3.05, 3.63) is 30.0 Å². The molecule has 7 nitrogen and oxygen atoms in total. The lowest BCUT2D eigenvalue weighted by Crippen LogP contribution is -2.06. The number of nitrogens with zero attached hydrogens (tertiary/aromatic N) is 3. The van der Waals surface area contributed by atoms with Gasteiger partial charge in [0.1, 0.15) is 11.4 Å². The molecule has 2 rings (SSSR count). The van der Waals surface area contributed by atoms with E-state index >= 15 is 0 Å². The van der Waals surface area contributed by atoms with Gasteiger partial charge in [0.25, 0.3) is 0 Å². The van der Waals surface area contributed by atoms with E-state index in [4.69, 9.17) is 14.7 Å². The fourth-order valence-corrected chi connectivity index (χ4v) is 1.98. The van der Waals surface area contributed by atoms with Gasteiger partial charge in [-0.15, -0.1) is 5.10 Å². The SMILES string of the molecule is CCOC(=O)c1n[nH]nc1-c1ccc(OCCCCC#N)cc1. The average molecular weight is 314 g/mol. The lowest BCUT2D eigenvalue weighted by Gasteiger charge is -2.06. The maximum Gasteiger partial charge on any atom is 0.361 e. The van der Waals surface area contributed by atoms with Gasteiger partial charge in [-0.3, -0.25) is 0 Å². The second kappa shape index (κ2) is 8.54. The number of unbranched alkanes of at least 4 members (excludes halogenated alkanes) is 2. The smallest absolute Gasteiger partial charge is 0.361 e. The van der Waals surface area contributed by atoms with Crippen LogP contribution in [0.2, 0.25) is 0 Å². The summed E-state index contributed by atoms with van der Waals surface area (Å²) in [7, 11) is 0. The molecule has 0 aliphatic carbocycles. The summed E-state index contributed by atoms with van der Waals surface area (Å²) >= 11 is 0. The monoisotopic (exact) mass is 314 g/mol. The zero-order chi connectivity index (χ0) is 16.5. The van der Waals surface area contributed by atoms with E-state index in [9.17, 15) is 4.79 Å². The van der Waals surface area contributed by atoms with Crippen LogP contribution in [-0.2, 0) is 4.74 Å². The first-order chi connectivity index (χ1) is 11.3. The zero-order valence-corrected chi connectivity index (χ0v) is 12.9. The summed E-state index contributed by atoms with van der Waals surface area (Å²) < 4.78 is 10.5. The number of aromatic amines is 1. The third kappa shape index (κ3) is 4.54. The van der Waals surface area contributed by atoms with Gasteiger partial charge in [-0.2, -0.15) is 15.6 Å². The van der Waals surface area contributed by atoms with Crippen molar-refractivity contribution in [2.24, 2.45) is 0 Å². The van der Waals surface area contributed by atoms with Crippen LogP contribution in [0, 0.1) is 11.3 Å². The standard InChI is InChI=1S/C16H18N4O3/c1-2-22-16(21)15-14(18-20-19-15)12-6-8-13(9-7-12)23-11-5-3-4-10-17/h6-9H,2-5,11H2,1H3,(H,18,19,20). The van der Waals surface area contributed by atoms with Gasteiger partial charge >= 0.3 is 5.97 Å². The fraction of sp³-hybridized carbons (Fsp3) is 0.375. The molecule has 0 spiro atoms. The Morgan fingerprint density at radius 1 is 1.26 bits per heavy atom. The van der Waals surface area contributed by atoms with E-state index in [1.807, 2.05) is 24.3 Å². The van der Waals surface area contributed by atoms with Crippen LogP contribution in [-0.4, -0.2) is 34.6 Å². The van der Waals surface area contributed by atoms with Crippen LogP contribution in [0.5, 0.6) is 5.75 Å². The van der Waals surface area contributed by atoms with E-state index < -0.39 is 5.97 Å². The number of hydrogen-bond acceptors (Lipinski definition) is 6. The van der Waals surface area contributed by atoms with Crippen molar-refractivity contribution in [3.63, 3.8) is 0 Å². The topological polar surface area (TPSA) is 101 Å². The molecule has 0 aliphatic rings. The van der Waals surface area contributed by atoms with Gasteiger partial charge < -0.3 is 9.47 Å². The Bertz CT molecular complexity index is 673. The number of nitrogens with one attached hydrogen (secondary N) is 1. The van der Waals surface area contributed by atoms with Gasteiger partial charge in [0.05, 0.1) is 19.3 Å². The Kier molecular flexibility index (Phi) is 6.12. The molecule has 120 valence electrons. The van der Waals surface area contributed by atoms with Gasteiger partial charge in [-0.05, 0) is 44.0 Å². The Labute approximate surface area is 134 Å². The zero-order valence-electron chi connectivity index (χ0n) is 12.9. The number of H-pyrrole nitrogens is 1. The first-order valence-corrected chi connectivity index (χ1v) is 7.44. The van der Waals surface area contributed by atoms with Crippen molar-refractivity contribution in [1.29, 1.82) is 5.26 Å². The number of rotatable bonds is 8. The molecule has 0 unspecified atom stereocenters. The number of ether oxygens (including phenoxy) is 2. The maximum atomic E-state index is 11.8. The normalized spacial score (nSPS) is 10.1. The largest absolute Gasteiger partial charge is 0.494 e. The van der Waals surface area contributed by atoms with Crippen LogP contribution >= 0.6 is 0 Å². The van der Waals surface area contributed by atoms with Crippen molar-refractivity contribution < 1.29 is 14.3 Å². The molecular formula is C16H18N4O3. The van der Waals surface area contributed by atoms with Crippen LogP contribution < -0.4 is 4.74 Å². The number of benzene rings is 1. The Morgan fingerprint density at radius 2 is 2.04 bits per heavy atom. The molecule has 23 heavy (non-hydrogen) atoms. The molecular weight excluding hydrogens is 296 g/mol. The van der Waals surface area contributed by atoms with Gasteiger partial charge in [-0.25, -0.2) is 4.79 Å². The van der Waals surface area contributed by atoms with E-state index in [0.717, 1.165) is 24.2 Å².